The Balaban J connectivity index is 2.70. The number of rotatable bonds is 6. The summed E-state index contributed by atoms with van der Waals surface area (Å²) in [5.74, 6) is 5.84. The molecule has 2 heteroatoms. The van der Waals surface area contributed by atoms with E-state index in [4.69, 9.17) is 0 Å². The topological polar surface area (TPSA) is 26.3 Å². The van der Waals surface area contributed by atoms with Crippen molar-refractivity contribution in [2.24, 2.45) is 0 Å². The first kappa shape index (κ1) is 16.0. The number of esters is 1. The fraction of sp³-hybridized carbons (Fsp3) is 0.389. The average Bonchev–Trinajstić information content (AvgIpc) is 2.49. The summed E-state index contributed by atoms with van der Waals surface area (Å²) in [5, 5.41) is 0. The molecular formula is C18H22O2. The number of methoxy groups -OCH3 is 1. The number of hydrogen-bond acceptors (Lipinski definition) is 2. The number of unbranched alkanes of at least 4 members (excludes halogenated alkanes) is 3. The van der Waals surface area contributed by atoms with Crippen LogP contribution in [-0.2, 0) is 9.53 Å². The quantitative estimate of drug-likeness (QED) is 0.336. The van der Waals surface area contributed by atoms with Gasteiger partial charge in [-0.1, -0.05) is 56.2 Å². The summed E-state index contributed by atoms with van der Waals surface area (Å²) in [6.45, 7) is 2.18. The van der Waals surface area contributed by atoms with E-state index in [0.717, 1.165) is 24.0 Å². The smallest absolute Gasteiger partial charge is 0.331 e. The number of hydrogen-bond donors (Lipinski definition) is 0. The van der Waals surface area contributed by atoms with Gasteiger partial charge < -0.3 is 4.74 Å². The zero-order chi connectivity index (χ0) is 14.6. The summed E-state index contributed by atoms with van der Waals surface area (Å²) in [6, 6.07) is 9.78. The van der Waals surface area contributed by atoms with Crippen molar-refractivity contribution in [2.75, 3.05) is 7.11 Å². The summed E-state index contributed by atoms with van der Waals surface area (Å²) in [5.41, 5.74) is 1.80. The highest BCUT2D eigenvalue weighted by atomic mass is 16.5. The van der Waals surface area contributed by atoms with Crippen molar-refractivity contribution in [3.05, 3.63) is 47.5 Å². The van der Waals surface area contributed by atoms with Crippen LogP contribution in [0.1, 0.15) is 44.6 Å². The molecule has 0 aliphatic carbocycles. The van der Waals surface area contributed by atoms with Crippen molar-refractivity contribution in [3.63, 3.8) is 0 Å². The fourth-order valence-electron chi connectivity index (χ4n) is 1.79. The molecule has 0 amide bonds. The van der Waals surface area contributed by atoms with Crippen LogP contribution in [0.15, 0.2) is 42.0 Å². The Bertz CT molecular complexity index is 489. The van der Waals surface area contributed by atoms with E-state index in [1.54, 1.807) is 0 Å². The van der Waals surface area contributed by atoms with Crippen LogP contribution < -0.4 is 0 Å². The molecule has 1 rings (SSSR count). The molecule has 106 valence electrons. The Morgan fingerprint density at radius 2 is 1.95 bits per heavy atom. The predicted octanol–water partition coefficient (Wildman–Crippen LogP) is 4.11. The summed E-state index contributed by atoms with van der Waals surface area (Å²) in [6.07, 6.45) is 6.97. The van der Waals surface area contributed by atoms with E-state index in [1.807, 2.05) is 30.3 Å². The molecule has 0 N–H and O–H groups in total. The van der Waals surface area contributed by atoms with Gasteiger partial charge in [-0.2, -0.15) is 0 Å². The monoisotopic (exact) mass is 270 g/mol. The van der Waals surface area contributed by atoms with Crippen molar-refractivity contribution in [2.45, 2.75) is 39.0 Å². The Hall–Kier alpha value is -2.01. The zero-order valence-corrected chi connectivity index (χ0v) is 12.3. The van der Waals surface area contributed by atoms with Crippen molar-refractivity contribution in [3.8, 4) is 11.8 Å². The van der Waals surface area contributed by atoms with Crippen LogP contribution in [0.2, 0.25) is 0 Å². The molecule has 2 nitrogen and oxygen atoms in total. The third-order valence-electron chi connectivity index (χ3n) is 2.93. The van der Waals surface area contributed by atoms with Crippen LogP contribution in [0, 0.1) is 11.8 Å². The zero-order valence-electron chi connectivity index (χ0n) is 12.3. The van der Waals surface area contributed by atoms with E-state index in [0.29, 0.717) is 0 Å². The van der Waals surface area contributed by atoms with Gasteiger partial charge in [-0.25, -0.2) is 4.79 Å². The van der Waals surface area contributed by atoms with Gasteiger partial charge in [-0.15, -0.1) is 0 Å². The Labute approximate surface area is 121 Å². The number of ether oxygens (including phenoxy) is 1. The van der Waals surface area contributed by atoms with E-state index < -0.39 is 0 Å². The Morgan fingerprint density at radius 1 is 1.20 bits per heavy atom. The van der Waals surface area contributed by atoms with Crippen LogP contribution in [0.3, 0.4) is 0 Å². The highest BCUT2D eigenvalue weighted by Crippen LogP contribution is 2.10. The van der Waals surface area contributed by atoms with E-state index >= 15 is 0 Å². The molecule has 0 heterocycles. The summed E-state index contributed by atoms with van der Waals surface area (Å²) >= 11 is 0. The van der Waals surface area contributed by atoms with Crippen molar-refractivity contribution < 1.29 is 9.53 Å². The van der Waals surface area contributed by atoms with Gasteiger partial charge in [0.15, 0.2) is 0 Å². The number of benzene rings is 1. The molecule has 20 heavy (non-hydrogen) atoms. The molecule has 0 fully saturated rings. The van der Waals surface area contributed by atoms with Crippen LogP contribution in [0.4, 0.5) is 0 Å². The van der Waals surface area contributed by atoms with Crippen LogP contribution >= 0.6 is 0 Å². The lowest BCUT2D eigenvalue weighted by Crippen LogP contribution is -1.97. The van der Waals surface area contributed by atoms with Gasteiger partial charge in [0.2, 0.25) is 0 Å². The van der Waals surface area contributed by atoms with Gasteiger partial charge >= 0.3 is 5.97 Å². The summed E-state index contributed by atoms with van der Waals surface area (Å²) in [7, 11) is 1.39. The molecule has 0 saturated carbocycles. The Kier molecular flexibility index (Phi) is 7.91. The van der Waals surface area contributed by atoms with Gasteiger partial charge in [-0.3, -0.25) is 0 Å². The summed E-state index contributed by atoms with van der Waals surface area (Å²) in [4.78, 5) is 11.4. The van der Waals surface area contributed by atoms with Crippen molar-refractivity contribution in [1.29, 1.82) is 0 Å². The summed E-state index contributed by atoms with van der Waals surface area (Å²) < 4.78 is 4.68. The van der Waals surface area contributed by atoms with E-state index in [9.17, 15) is 4.79 Å². The maximum Gasteiger partial charge on any atom is 0.331 e. The molecular weight excluding hydrogens is 248 g/mol. The highest BCUT2D eigenvalue weighted by molar-refractivity contribution is 5.83. The van der Waals surface area contributed by atoms with E-state index in [2.05, 4.69) is 23.5 Å². The lowest BCUT2D eigenvalue weighted by molar-refractivity contribution is -0.134. The van der Waals surface area contributed by atoms with Gasteiger partial charge in [0.1, 0.15) is 0 Å². The standard InChI is InChI=1S/C18H22O2/c1-3-4-5-7-12-17(15-18(19)20-2)14-13-16-10-8-6-9-11-16/h6,8-11,15H,3-5,7,12H2,1-2H3/b17-15+. The van der Waals surface area contributed by atoms with Gasteiger partial charge in [0.25, 0.3) is 0 Å². The van der Waals surface area contributed by atoms with Gasteiger partial charge in [0, 0.05) is 17.2 Å². The van der Waals surface area contributed by atoms with E-state index in [1.165, 1.54) is 32.4 Å². The molecule has 0 aliphatic rings. The number of carbonyl (C=O) groups is 1. The molecule has 0 aromatic heterocycles. The van der Waals surface area contributed by atoms with Gasteiger partial charge in [0.05, 0.1) is 7.11 Å². The van der Waals surface area contributed by atoms with Gasteiger partial charge in [-0.05, 0) is 25.0 Å². The van der Waals surface area contributed by atoms with Crippen molar-refractivity contribution >= 4 is 5.97 Å². The first-order valence-electron chi connectivity index (χ1n) is 7.12. The van der Waals surface area contributed by atoms with Crippen LogP contribution in [-0.4, -0.2) is 13.1 Å². The molecule has 0 atom stereocenters. The lowest BCUT2D eigenvalue weighted by atomic mass is 10.1. The minimum absolute atomic E-state index is 0.335. The maximum atomic E-state index is 11.4. The molecule has 1 aromatic carbocycles. The second kappa shape index (κ2) is 9.86. The fourth-order valence-corrected chi connectivity index (χ4v) is 1.79. The average molecular weight is 270 g/mol. The number of allylic oxidation sites excluding steroid dienone is 1. The molecule has 0 bridgehead atoms. The van der Waals surface area contributed by atoms with Crippen LogP contribution in [0.25, 0.3) is 0 Å². The largest absolute Gasteiger partial charge is 0.466 e. The predicted molar refractivity (Wildman–Crippen MR) is 82.2 cm³/mol. The number of carbonyl (C=O) groups excluding carboxylic acids is 1. The molecule has 1 aromatic rings. The second-order valence-corrected chi connectivity index (χ2v) is 4.62. The Morgan fingerprint density at radius 3 is 2.60 bits per heavy atom. The second-order valence-electron chi connectivity index (χ2n) is 4.62. The maximum absolute atomic E-state index is 11.4. The third-order valence-corrected chi connectivity index (χ3v) is 2.93. The minimum atomic E-state index is -0.335. The minimum Gasteiger partial charge on any atom is -0.466 e. The van der Waals surface area contributed by atoms with Crippen LogP contribution in [0.5, 0.6) is 0 Å². The molecule has 0 unspecified atom stereocenters. The highest BCUT2D eigenvalue weighted by Gasteiger charge is 1.99. The van der Waals surface area contributed by atoms with E-state index in [-0.39, 0.29) is 5.97 Å². The lowest BCUT2D eigenvalue weighted by Gasteiger charge is -2.00. The molecule has 0 spiro atoms. The third kappa shape index (κ3) is 6.80. The SMILES string of the molecule is CCCCCC/C(C#Cc1ccccc1)=C\C(=O)OC. The first-order valence-corrected chi connectivity index (χ1v) is 7.12. The first-order chi connectivity index (χ1) is 9.76. The molecule has 0 radical (unpaired) electrons. The van der Waals surface area contributed by atoms with Crippen molar-refractivity contribution in [1.82, 2.24) is 0 Å². The normalized spacial score (nSPS) is 10.6. The molecule has 0 aliphatic heterocycles. The molecule has 0 saturated heterocycles.